The molecular weight excluding hydrogens is 168 g/mol. The van der Waals surface area contributed by atoms with E-state index in [0.717, 1.165) is 6.42 Å². The molecule has 1 saturated carbocycles. The molecule has 1 atom stereocenters. The quantitative estimate of drug-likeness (QED) is 0.704. The minimum atomic E-state index is -0.995. The third-order valence-electron chi connectivity index (χ3n) is 3.75. The van der Waals surface area contributed by atoms with Crippen molar-refractivity contribution >= 4 is 5.97 Å². The summed E-state index contributed by atoms with van der Waals surface area (Å²) < 4.78 is 0. The smallest absolute Gasteiger partial charge is 0.312 e. The molecule has 1 unspecified atom stereocenters. The molecule has 13 heavy (non-hydrogen) atoms. The first-order valence-corrected chi connectivity index (χ1v) is 4.80. The first-order chi connectivity index (χ1) is 5.84. The maximum absolute atomic E-state index is 11.1. The van der Waals surface area contributed by atoms with Gasteiger partial charge in [-0.15, -0.1) is 0 Å². The summed E-state index contributed by atoms with van der Waals surface area (Å²) in [5.41, 5.74) is -1.97. The van der Waals surface area contributed by atoms with Gasteiger partial charge in [-0.05, 0) is 32.1 Å². The van der Waals surface area contributed by atoms with Gasteiger partial charge in [0.05, 0.1) is 11.0 Å². The molecule has 0 bridgehead atoms. The number of aliphatic hydroxyl groups is 1. The summed E-state index contributed by atoms with van der Waals surface area (Å²) in [6.45, 7) is 5.36. The zero-order chi connectivity index (χ0) is 10.3. The topological polar surface area (TPSA) is 57.5 Å². The summed E-state index contributed by atoms with van der Waals surface area (Å²) in [7, 11) is 0. The number of aliphatic carboxylic acids is 1. The molecule has 0 aliphatic heterocycles. The van der Waals surface area contributed by atoms with Gasteiger partial charge in [0.25, 0.3) is 0 Å². The Morgan fingerprint density at radius 3 is 2.00 bits per heavy atom. The van der Waals surface area contributed by atoms with Gasteiger partial charge in [0, 0.05) is 0 Å². The number of carbonyl (C=O) groups is 1. The minimum absolute atomic E-state index is 0.0460. The van der Waals surface area contributed by atoms with Gasteiger partial charge < -0.3 is 10.2 Å². The van der Waals surface area contributed by atoms with Crippen molar-refractivity contribution in [2.75, 3.05) is 0 Å². The van der Waals surface area contributed by atoms with Crippen LogP contribution >= 0.6 is 0 Å². The second-order valence-corrected chi connectivity index (χ2v) is 4.55. The highest BCUT2D eigenvalue weighted by Crippen LogP contribution is 2.50. The van der Waals surface area contributed by atoms with Gasteiger partial charge in [0.2, 0.25) is 0 Å². The van der Waals surface area contributed by atoms with E-state index in [9.17, 15) is 9.90 Å². The number of hydrogen-bond acceptors (Lipinski definition) is 2. The summed E-state index contributed by atoms with van der Waals surface area (Å²) >= 11 is 0. The van der Waals surface area contributed by atoms with E-state index in [2.05, 4.69) is 0 Å². The number of rotatable bonds is 3. The lowest BCUT2D eigenvalue weighted by Gasteiger charge is -2.50. The van der Waals surface area contributed by atoms with Crippen LogP contribution < -0.4 is 0 Å². The molecule has 0 radical (unpaired) electrons. The minimum Gasteiger partial charge on any atom is -0.481 e. The molecular formula is C10H18O3. The summed E-state index contributed by atoms with van der Waals surface area (Å²) in [5.74, 6) is -0.931. The monoisotopic (exact) mass is 186 g/mol. The van der Waals surface area contributed by atoms with Crippen LogP contribution in [0.4, 0.5) is 0 Å². The summed E-state index contributed by atoms with van der Waals surface area (Å²) in [6, 6.07) is 0. The van der Waals surface area contributed by atoms with Crippen LogP contribution in [-0.4, -0.2) is 21.8 Å². The molecule has 0 heterocycles. The van der Waals surface area contributed by atoms with Gasteiger partial charge >= 0.3 is 5.97 Å². The normalized spacial score (nSPS) is 25.0. The Kier molecular flexibility index (Phi) is 2.41. The van der Waals surface area contributed by atoms with Crippen LogP contribution in [0.3, 0.4) is 0 Å². The van der Waals surface area contributed by atoms with Crippen LogP contribution in [0.1, 0.15) is 40.0 Å². The Morgan fingerprint density at radius 1 is 1.46 bits per heavy atom. The standard InChI is InChI=1S/C10H18O3/c1-7(2)9(3,8(11)12)10(13)5-4-6-10/h7,13H,4-6H2,1-3H3,(H,11,12). The summed E-state index contributed by atoms with van der Waals surface area (Å²) in [4.78, 5) is 11.1. The lowest BCUT2D eigenvalue weighted by molar-refractivity contribution is -0.190. The van der Waals surface area contributed by atoms with Crippen molar-refractivity contribution in [3.8, 4) is 0 Å². The van der Waals surface area contributed by atoms with Crippen molar-refractivity contribution in [1.29, 1.82) is 0 Å². The zero-order valence-corrected chi connectivity index (χ0v) is 8.50. The first kappa shape index (κ1) is 10.5. The van der Waals surface area contributed by atoms with Gasteiger partial charge in [-0.3, -0.25) is 4.79 Å². The van der Waals surface area contributed by atoms with Crippen LogP contribution in [0, 0.1) is 11.3 Å². The van der Waals surface area contributed by atoms with Crippen molar-refractivity contribution in [2.45, 2.75) is 45.6 Å². The van der Waals surface area contributed by atoms with E-state index in [4.69, 9.17) is 5.11 Å². The Hall–Kier alpha value is -0.570. The molecule has 1 aliphatic carbocycles. The predicted molar refractivity (Wildman–Crippen MR) is 49.4 cm³/mol. The summed E-state index contributed by atoms with van der Waals surface area (Å²) in [6.07, 6.45) is 2.17. The van der Waals surface area contributed by atoms with Crippen molar-refractivity contribution in [2.24, 2.45) is 11.3 Å². The maximum atomic E-state index is 11.1. The molecule has 0 amide bonds. The highest BCUT2D eigenvalue weighted by molar-refractivity contribution is 5.76. The second kappa shape index (κ2) is 2.98. The van der Waals surface area contributed by atoms with E-state index in [1.807, 2.05) is 13.8 Å². The van der Waals surface area contributed by atoms with Crippen LogP contribution in [-0.2, 0) is 4.79 Å². The Morgan fingerprint density at radius 2 is 1.92 bits per heavy atom. The molecule has 0 saturated heterocycles. The average Bonchev–Trinajstić information content (AvgIpc) is 1.97. The largest absolute Gasteiger partial charge is 0.481 e. The van der Waals surface area contributed by atoms with E-state index < -0.39 is 17.0 Å². The fourth-order valence-corrected chi connectivity index (χ4v) is 2.01. The van der Waals surface area contributed by atoms with Gasteiger partial charge in [0.1, 0.15) is 0 Å². The fraction of sp³-hybridized carbons (Fsp3) is 0.900. The summed E-state index contributed by atoms with van der Waals surface area (Å²) in [5, 5.41) is 19.2. The molecule has 0 aromatic rings. The molecule has 1 rings (SSSR count). The van der Waals surface area contributed by atoms with Crippen LogP contribution in [0.15, 0.2) is 0 Å². The van der Waals surface area contributed by atoms with E-state index in [1.165, 1.54) is 0 Å². The molecule has 1 fully saturated rings. The lowest BCUT2D eigenvalue weighted by Crippen LogP contribution is -2.58. The fourth-order valence-electron chi connectivity index (χ4n) is 2.01. The second-order valence-electron chi connectivity index (χ2n) is 4.55. The highest BCUT2D eigenvalue weighted by atomic mass is 16.4. The Balaban J connectivity index is 2.97. The van der Waals surface area contributed by atoms with E-state index in [0.29, 0.717) is 12.8 Å². The molecule has 0 aromatic heterocycles. The van der Waals surface area contributed by atoms with Crippen LogP contribution in [0.5, 0.6) is 0 Å². The molecule has 3 heteroatoms. The maximum Gasteiger partial charge on any atom is 0.312 e. The molecule has 1 aliphatic rings. The van der Waals surface area contributed by atoms with Gasteiger partial charge in [-0.2, -0.15) is 0 Å². The molecule has 2 N–H and O–H groups in total. The van der Waals surface area contributed by atoms with Crippen LogP contribution in [0.25, 0.3) is 0 Å². The third-order valence-corrected chi connectivity index (χ3v) is 3.75. The van der Waals surface area contributed by atoms with Gasteiger partial charge in [-0.1, -0.05) is 13.8 Å². The SMILES string of the molecule is CC(C)C(C)(C(=O)O)C1(O)CCC1. The lowest BCUT2D eigenvalue weighted by atomic mass is 9.57. The van der Waals surface area contributed by atoms with Crippen molar-refractivity contribution < 1.29 is 15.0 Å². The van der Waals surface area contributed by atoms with E-state index in [-0.39, 0.29) is 5.92 Å². The van der Waals surface area contributed by atoms with Crippen molar-refractivity contribution in [1.82, 2.24) is 0 Å². The number of hydrogen-bond donors (Lipinski definition) is 2. The van der Waals surface area contributed by atoms with Gasteiger partial charge in [-0.25, -0.2) is 0 Å². The van der Waals surface area contributed by atoms with Crippen LogP contribution in [0.2, 0.25) is 0 Å². The predicted octanol–water partition coefficient (Wildman–Crippen LogP) is 1.65. The van der Waals surface area contributed by atoms with Crippen molar-refractivity contribution in [3.63, 3.8) is 0 Å². The average molecular weight is 186 g/mol. The molecule has 0 spiro atoms. The number of carboxylic acid groups (broad SMARTS) is 1. The Labute approximate surface area is 78.8 Å². The van der Waals surface area contributed by atoms with Gasteiger partial charge in [0.15, 0.2) is 0 Å². The molecule has 76 valence electrons. The first-order valence-electron chi connectivity index (χ1n) is 4.80. The zero-order valence-electron chi connectivity index (χ0n) is 8.50. The molecule has 3 nitrogen and oxygen atoms in total. The Bertz CT molecular complexity index is 218. The van der Waals surface area contributed by atoms with E-state index in [1.54, 1.807) is 6.92 Å². The van der Waals surface area contributed by atoms with Crippen molar-refractivity contribution in [3.05, 3.63) is 0 Å². The van der Waals surface area contributed by atoms with E-state index >= 15 is 0 Å². The molecule has 0 aromatic carbocycles. The highest BCUT2D eigenvalue weighted by Gasteiger charge is 2.57. The third kappa shape index (κ3) is 1.26. The number of carboxylic acids is 1.